The lowest BCUT2D eigenvalue weighted by Gasteiger charge is -2.18. The van der Waals surface area contributed by atoms with E-state index in [0.717, 1.165) is 24.8 Å². The summed E-state index contributed by atoms with van der Waals surface area (Å²) in [5.74, 6) is 0.894. The summed E-state index contributed by atoms with van der Waals surface area (Å²) >= 11 is 0. The normalized spacial score (nSPS) is 12.9. The molecule has 1 aromatic rings. The van der Waals surface area contributed by atoms with Crippen molar-refractivity contribution in [3.05, 3.63) is 29.3 Å². The molecule has 3 nitrogen and oxygen atoms in total. The van der Waals surface area contributed by atoms with Gasteiger partial charge in [0.05, 0.1) is 12.7 Å². The molecule has 0 aliphatic carbocycles. The third-order valence-electron chi connectivity index (χ3n) is 3.16. The predicted octanol–water partition coefficient (Wildman–Crippen LogP) is 3.40. The molecule has 0 bridgehead atoms. The number of hydrogen-bond donors (Lipinski definition) is 2. The van der Waals surface area contributed by atoms with Gasteiger partial charge in [0, 0.05) is 12.7 Å². The highest BCUT2D eigenvalue weighted by Gasteiger charge is 2.15. The summed E-state index contributed by atoms with van der Waals surface area (Å²) in [6, 6.07) is 5.26. The van der Waals surface area contributed by atoms with Crippen molar-refractivity contribution in [2.75, 3.05) is 7.11 Å². The van der Waals surface area contributed by atoms with Gasteiger partial charge in [0.2, 0.25) is 0 Å². The van der Waals surface area contributed by atoms with Gasteiger partial charge >= 0.3 is 0 Å². The molecule has 0 aliphatic rings. The maximum absolute atomic E-state index is 9.94. The lowest BCUT2D eigenvalue weighted by atomic mass is 9.98. The number of benzene rings is 1. The summed E-state index contributed by atoms with van der Waals surface area (Å²) in [5.41, 5.74) is 1.52. The third kappa shape index (κ3) is 4.31. The molecule has 0 aromatic heterocycles. The Balaban J connectivity index is 2.69. The Kier molecular flexibility index (Phi) is 6.16. The van der Waals surface area contributed by atoms with Crippen molar-refractivity contribution >= 4 is 0 Å². The van der Waals surface area contributed by atoms with Crippen LogP contribution < -0.4 is 0 Å². The highest BCUT2D eigenvalue weighted by molar-refractivity contribution is 5.37. The molecule has 0 amide bonds. The maximum Gasteiger partial charge on any atom is 0.121 e. The van der Waals surface area contributed by atoms with Crippen LogP contribution in [0.5, 0.6) is 5.75 Å². The van der Waals surface area contributed by atoms with Crippen LogP contribution in [0.4, 0.5) is 0 Å². The molecule has 2 N–H and O–H groups in total. The molecule has 102 valence electrons. The highest BCUT2D eigenvalue weighted by Crippen LogP contribution is 2.31. The van der Waals surface area contributed by atoms with Crippen LogP contribution in [0.1, 0.15) is 50.3 Å². The van der Waals surface area contributed by atoms with Gasteiger partial charge in [-0.15, -0.1) is 0 Å². The number of phenols is 1. The zero-order valence-electron chi connectivity index (χ0n) is 11.5. The quantitative estimate of drug-likeness (QED) is 0.782. The molecule has 0 saturated carbocycles. The van der Waals surface area contributed by atoms with Gasteiger partial charge in [-0.1, -0.05) is 38.8 Å². The highest BCUT2D eigenvalue weighted by atomic mass is 16.5. The SMILES string of the molecule is CO[C@H](CCCC(C)C)c1ccc(CO)cc1O. The molecule has 0 saturated heterocycles. The van der Waals surface area contributed by atoms with E-state index in [4.69, 9.17) is 9.84 Å². The molecular weight excluding hydrogens is 228 g/mol. The summed E-state index contributed by atoms with van der Waals surface area (Å²) in [6.07, 6.45) is 3.07. The second-order valence-electron chi connectivity index (χ2n) is 5.10. The Bertz CT molecular complexity index is 361. The zero-order valence-corrected chi connectivity index (χ0v) is 11.5. The van der Waals surface area contributed by atoms with Gasteiger partial charge in [0.15, 0.2) is 0 Å². The Morgan fingerprint density at radius 3 is 2.44 bits per heavy atom. The number of aliphatic hydroxyl groups excluding tert-OH is 1. The Morgan fingerprint density at radius 2 is 1.94 bits per heavy atom. The summed E-state index contributed by atoms with van der Waals surface area (Å²) in [7, 11) is 1.67. The van der Waals surface area contributed by atoms with Crippen molar-refractivity contribution in [2.24, 2.45) is 5.92 Å². The molecule has 3 heteroatoms. The minimum atomic E-state index is -0.0727. The average Bonchev–Trinajstić information content (AvgIpc) is 2.35. The van der Waals surface area contributed by atoms with Crippen LogP contribution in [-0.4, -0.2) is 17.3 Å². The second-order valence-corrected chi connectivity index (χ2v) is 5.10. The molecule has 18 heavy (non-hydrogen) atoms. The smallest absolute Gasteiger partial charge is 0.121 e. The molecule has 0 spiro atoms. The first-order chi connectivity index (χ1) is 8.58. The first-order valence-electron chi connectivity index (χ1n) is 6.54. The van der Waals surface area contributed by atoms with Crippen LogP contribution in [0, 0.1) is 5.92 Å². The van der Waals surface area contributed by atoms with Crippen LogP contribution >= 0.6 is 0 Å². The van der Waals surface area contributed by atoms with Gasteiger partial charge < -0.3 is 14.9 Å². The molecular formula is C15H24O3. The van der Waals surface area contributed by atoms with Gasteiger partial charge in [-0.3, -0.25) is 0 Å². The predicted molar refractivity (Wildman–Crippen MR) is 72.5 cm³/mol. The van der Waals surface area contributed by atoms with Crippen molar-refractivity contribution in [3.63, 3.8) is 0 Å². The number of rotatable bonds is 7. The lowest BCUT2D eigenvalue weighted by Crippen LogP contribution is -2.03. The van der Waals surface area contributed by atoms with Crippen LogP contribution in [0.25, 0.3) is 0 Å². The van der Waals surface area contributed by atoms with E-state index in [2.05, 4.69) is 13.8 Å². The number of aromatic hydroxyl groups is 1. The minimum Gasteiger partial charge on any atom is -0.508 e. The van der Waals surface area contributed by atoms with Gasteiger partial charge in [-0.2, -0.15) is 0 Å². The first-order valence-corrected chi connectivity index (χ1v) is 6.54. The molecule has 1 rings (SSSR count). The van der Waals surface area contributed by atoms with E-state index in [1.165, 1.54) is 0 Å². The van der Waals surface area contributed by atoms with E-state index >= 15 is 0 Å². The molecule has 0 fully saturated rings. The number of methoxy groups -OCH3 is 1. The van der Waals surface area contributed by atoms with Gasteiger partial charge in [0.25, 0.3) is 0 Å². The number of phenolic OH excluding ortho intramolecular Hbond substituents is 1. The first kappa shape index (κ1) is 15.0. The van der Waals surface area contributed by atoms with E-state index in [1.807, 2.05) is 12.1 Å². The fraction of sp³-hybridized carbons (Fsp3) is 0.600. The van der Waals surface area contributed by atoms with E-state index in [0.29, 0.717) is 11.5 Å². The molecule has 1 atom stereocenters. The van der Waals surface area contributed by atoms with E-state index < -0.39 is 0 Å². The molecule has 0 heterocycles. The van der Waals surface area contributed by atoms with Crippen molar-refractivity contribution in [3.8, 4) is 5.75 Å². The summed E-state index contributed by atoms with van der Waals surface area (Å²) in [5, 5.41) is 19.0. The van der Waals surface area contributed by atoms with Crippen molar-refractivity contribution in [1.29, 1.82) is 0 Å². The molecule has 0 aliphatic heterocycles. The number of aliphatic hydroxyl groups is 1. The topological polar surface area (TPSA) is 49.7 Å². The average molecular weight is 252 g/mol. The molecule has 0 radical (unpaired) electrons. The van der Waals surface area contributed by atoms with Crippen LogP contribution in [-0.2, 0) is 11.3 Å². The Morgan fingerprint density at radius 1 is 1.22 bits per heavy atom. The van der Waals surface area contributed by atoms with E-state index in [1.54, 1.807) is 13.2 Å². The lowest BCUT2D eigenvalue weighted by molar-refractivity contribution is 0.0901. The summed E-state index contributed by atoms with van der Waals surface area (Å²) in [4.78, 5) is 0. The number of ether oxygens (including phenoxy) is 1. The van der Waals surface area contributed by atoms with Crippen LogP contribution in [0.3, 0.4) is 0 Å². The standard InChI is InChI=1S/C15H24O3/c1-11(2)5-4-6-15(18-3)13-8-7-12(10-16)9-14(13)17/h7-9,11,15-17H,4-6,10H2,1-3H3/t15-/m1/s1. The van der Waals surface area contributed by atoms with E-state index in [-0.39, 0.29) is 18.5 Å². The van der Waals surface area contributed by atoms with Crippen molar-refractivity contribution < 1.29 is 14.9 Å². The largest absolute Gasteiger partial charge is 0.508 e. The van der Waals surface area contributed by atoms with Crippen LogP contribution in [0.2, 0.25) is 0 Å². The maximum atomic E-state index is 9.94. The summed E-state index contributed by atoms with van der Waals surface area (Å²) < 4.78 is 5.45. The van der Waals surface area contributed by atoms with Crippen LogP contribution in [0.15, 0.2) is 18.2 Å². The summed E-state index contributed by atoms with van der Waals surface area (Å²) in [6.45, 7) is 4.35. The minimum absolute atomic E-state index is 0.0567. The molecule has 0 unspecified atom stereocenters. The van der Waals surface area contributed by atoms with Gasteiger partial charge in [-0.05, 0) is 24.0 Å². The monoisotopic (exact) mass is 252 g/mol. The molecule has 1 aromatic carbocycles. The third-order valence-corrected chi connectivity index (χ3v) is 3.16. The fourth-order valence-electron chi connectivity index (χ4n) is 2.07. The zero-order chi connectivity index (χ0) is 13.5. The van der Waals surface area contributed by atoms with Crippen molar-refractivity contribution in [2.45, 2.75) is 45.8 Å². The van der Waals surface area contributed by atoms with Gasteiger partial charge in [0.1, 0.15) is 5.75 Å². The van der Waals surface area contributed by atoms with Crippen molar-refractivity contribution in [1.82, 2.24) is 0 Å². The fourth-order valence-corrected chi connectivity index (χ4v) is 2.07. The van der Waals surface area contributed by atoms with E-state index in [9.17, 15) is 5.11 Å². The Hall–Kier alpha value is -1.06. The van der Waals surface area contributed by atoms with Gasteiger partial charge in [-0.25, -0.2) is 0 Å². The second kappa shape index (κ2) is 7.39. The Labute approximate surface area is 109 Å². The number of hydrogen-bond acceptors (Lipinski definition) is 3.